The minimum absolute atomic E-state index is 0.796. The molecule has 0 radical (unpaired) electrons. The Morgan fingerprint density at radius 3 is 2.69 bits per heavy atom. The van der Waals surface area contributed by atoms with Crippen molar-refractivity contribution in [2.24, 2.45) is 5.73 Å². The molecule has 2 heteroatoms. The Balaban J connectivity index is 2.11. The molecule has 1 rings (SSSR count). The van der Waals surface area contributed by atoms with Gasteiger partial charge in [-0.1, -0.05) is 39.0 Å². The van der Waals surface area contributed by atoms with Crippen LogP contribution in [0, 0.1) is 0 Å². The average molecular weight is 226 g/mol. The molecule has 96 valence electrons. The highest BCUT2D eigenvalue weighted by Gasteiger charge is 2.20. The summed E-state index contributed by atoms with van der Waals surface area (Å²) in [5.41, 5.74) is 5.69. The van der Waals surface area contributed by atoms with Gasteiger partial charge >= 0.3 is 0 Å². The van der Waals surface area contributed by atoms with Gasteiger partial charge in [-0.3, -0.25) is 0 Å². The summed E-state index contributed by atoms with van der Waals surface area (Å²) in [5, 5.41) is 0. The van der Waals surface area contributed by atoms with Gasteiger partial charge in [-0.15, -0.1) is 0 Å². The maximum Gasteiger partial charge on any atom is 0.0107 e. The summed E-state index contributed by atoms with van der Waals surface area (Å²) in [7, 11) is 0. The van der Waals surface area contributed by atoms with Gasteiger partial charge < -0.3 is 10.6 Å². The van der Waals surface area contributed by atoms with Gasteiger partial charge in [-0.25, -0.2) is 0 Å². The minimum atomic E-state index is 0.796. The molecule has 2 N–H and O–H groups in total. The van der Waals surface area contributed by atoms with Gasteiger partial charge in [0.15, 0.2) is 0 Å². The summed E-state index contributed by atoms with van der Waals surface area (Å²) in [6.45, 7) is 5.77. The van der Waals surface area contributed by atoms with Crippen LogP contribution in [0.15, 0.2) is 0 Å². The number of hydrogen-bond acceptors (Lipinski definition) is 2. The molecule has 0 saturated carbocycles. The van der Waals surface area contributed by atoms with E-state index in [0.717, 1.165) is 12.6 Å². The molecule has 1 unspecified atom stereocenters. The van der Waals surface area contributed by atoms with Crippen LogP contribution in [0.3, 0.4) is 0 Å². The summed E-state index contributed by atoms with van der Waals surface area (Å²) in [6.07, 6.45) is 12.4. The summed E-state index contributed by atoms with van der Waals surface area (Å²) in [4.78, 5) is 2.70. The Kier molecular flexibility index (Phi) is 7.87. The first-order valence-electron chi connectivity index (χ1n) is 7.32. The van der Waals surface area contributed by atoms with Gasteiger partial charge in [0.1, 0.15) is 0 Å². The zero-order valence-corrected chi connectivity index (χ0v) is 11.1. The van der Waals surface area contributed by atoms with Gasteiger partial charge in [0.05, 0.1) is 0 Å². The lowest BCUT2D eigenvalue weighted by molar-refractivity contribution is 0.139. The predicted molar refractivity (Wildman–Crippen MR) is 71.6 cm³/mol. The van der Waals surface area contributed by atoms with Crippen LogP contribution in [0.4, 0.5) is 0 Å². The monoisotopic (exact) mass is 226 g/mol. The average Bonchev–Trinajstić information content (AvgIpc) is 2.31. The zero-order valence-electron chi connectivity index (χ0n) is 11.1. The van der Waals surface area contributed by atoms with E-state index in [1.807, 2.05) is 0 Å². The Hall–Kier alpha value is -0.0800. The first-order valence-corrected chi connectivity index (χ1v) is 7.32. The van der Waals surface area contributed by atoms with Crippen molar-refractivity contribution in [2.75, 3.05) is 19.6 Å². The van der Waals surface area contributed by atoms with E-state index in [-0.39, 0.29) is 0 Å². The third-order valence-electron chi connectivity index (χ3n) is 3.80. The van der Waals surface area contributed by atoms with E-state index in [1.165, 1.54) is 70.9 Å². The van der Waals surface area contributed by atoms with Crippen molar-refractivity contribution in [1.29, 1.82) is 0 Å². The Morgan fingerprint density at radius 1 is 1.12 bits per heavy atom. The molecule has 1 fully saturated rings. The normalized spacial score (nSPS) is 22.5. The summed E-state index contributed by atoms with van der Waals surface area (Å²) >= 11 is 0. The molecule has 0 aromatic rings. The molecule has 0 aromatic heterocycles. The molecule has 1 heterocycles. The first kappa shape index (κ1) is 14.0. The fourth-order valence-electron chi connectivity index (χ4n) is 2.79. The summed E-state index contributed by atoms with van der Waals surface area (Å²) in [6, 6.07) is 0.796. The van der Waals surface area contributed by atoms with Crippen molar-refractivity contribution >= 4 is 0 Å². The van der Waals surface area contributed by atoms with Gasteiger partial charge in [-0.05, 0) is 45.3 Å². The lowest BCUT2D eigenvalue weighted by atomic mass is 9.99. The number of likely N-dealkylation sites (tertiary alicyclic amines) is 1. The van der Waals surface area contributed by atoms with Crippen molar-refractivity contribution in [1.82, 2.24) is 4.90 Å². The molecule has 1 saturated heterocycles. The number of rotatable bonds is 8. The minimum Gasteiger partial charge on any atom is -0.330 e. The van der Waals surface area contributed by atoms with Crippen LogP contribution in [0.1, 0.15) is 64.7 Å². The van der Waals surface area contributed by atoms with Crippen molar-refractivity contribution in [3.05, 3.63) is 0 Å². The van der Waals surface area contributed by atoms with E-state index in [0.29, 0.717) is 0 Å². The highest BCUT2D eigenvalue weighted by Crippen LogP contribution is 2.19. The molecule has 0 aliphatic carbocycles. The Bertz CT molecular complexity index is 157. The number of piperidine rings is 1. The fraction of sp³-hybridized carbons (Fsp3) is 1.00. The fourth-order valence-corrected chi connectivity index (χ4v) is 2.79. The second-order valence-corrected chi connectivity index (χ2v) is 5.18. The van der Waals surface area contributed by atoms with E-state index >= 15 is 0 Å². The molecule has 1 atom stereocenters. The third-order valence-corrected chi connectivity index (χ3v) is 3.80. The molecule has 0 amide bonds. The molecule has 0 bridgehead atoms. The standard InChI is InChI=1S/C14H30N2/c1-2-3-4-5-7-12-16-13-8-6-9-14(16)10-11-15/h14H,2-13,15H2,1H3. The first-order chi connectivity index (χ1) is 7.88. The number of nitrogens with two attached hydrogens (primary N) is 1. The Labute approximate surface area is 102 Å². The molecule has 0 aromatic carbocycles. The van der Waals surface area contributed by atoms with Crippen LogP contribution in [0.25, 0.3) is 0 Å². The van der Waals surface area contributed by atoms with Gasteiger partial charge in [0.2, 0.25) is 0 Å². The van der Waals surface area contributed by atoms with Crippen LogP contribution in [0.2, 0.25) is 0 Å². The smallest absolute Gasteiger partial charge is 0.0107 e. The quantitative estimate of drug-likeness (QED) is 0.644. The van der Waals surface area contributed by atoms with Crippen molar-refractivity contribution < 1.29 is 0 Å². The third kappa shape index (κ3) is 5.31. The second-order valence-electron chi connectivity index (χ2n) is 5.18. The number of hydrogen-bond donors (Lipinski definition) is 1. The molecule has 16 heavy (non-hydrogen) atoms. The van der Waals surface area contributed by atoms with E-state index in [4.69, 9.17) is 5.73 Å². The zero-order chi connectivity index (χ0) is 11.6. The van der Waals surface area contributed by atoms with Crippen LogP contribution in [-0.2, 0) is 0 Å². The predicted octanol–water partition coefficient (Wildman–Crippen LogP) is 3.16. The van der Waals surface area contributed by atoms with Crippen molar-refractivity contribution in [2.45, 2.75) is 70.8 Å². The molecule has 1 aliphatic heterocycles. The van der Waals surface area contributed by atoms with Crippen LogP contribution < -0.4 is 5.73 Å². The number of nitrogens with zero attached hydrogens (tertiary/aromatic N) is 1. The maximum atomic E-state index is 5.69. The second kappa shape index (κ2) is 9.00. The van der Waals surface area contributed by atoms with Gasteiger partial charge in [0.25, 0.3) is 0 Å². The highest BCUT2D eigenvalue weighted by atomic mass is 15.2. The number of unbranched alkanes of at least 4 members (excludes halogenated alkanes) is 4. The summed E-state index contributed by atoms with van der Waals surface area (Å²) in [5.74, 6) is 0. The van der Waals surface area contributed by atoms with Gasteiger partial charge in [0, 0.05) is 6.04 Å². The van der Waals surface area contributed by atoms with Crippen LogP contribution in [0.5, 0.6) is 0 Å². The van der Waals surface area contributed by atoms with E-state index in [1.54, 1.807) is 0 Å². The van der Waals surface area contributed by atoms with Crippen molar-refractivity contribution in [3.63, 3.8) is 0 Å². The van der Waals surface area contributed by atoms with Crippen LogP contribution >= 0.6 is 0 Å². The lowest BCUT2D eigenvalue weighted by Gasteiger charge is -2.35. The Morgan fingerprint density at radius 2 is 1.94 bits per heavy atom. The molecule has 1 aliphatic rings. The van der Waals surface area contributed by atoms with Crippen molar-refractivity contribution in [3.8, 4) is 0 Å². The van der Waals surface area contributed by atoms with E-state index in [2.05, 4.69) is 11.8 Å². The van der Waals surface area contributed by atoms with Gasteiger partial charge in [-0.2, -0.15) is 0 Å². The molecular formula is C14H30N2. The topological polar surface area (TPSA) is 29.3 Å². The molecule has 0 spiro atoms. The largest absolute Gasteiger partial charge is 0.330 e. The lowest BCUT2D eigenvalue weighted by Crippen LogP contribution is -2.41. The summed E-state index contributed by atoms with van der Waals surface area (Å²) < 4.78 is 0. The van der Waals surface area contributed by atoms with E-state index < -0.39 is 0 Å². The molecule has 2 nitrogen and oxygen atoms in total. The van der Waals surface area contributed by atoms with E-state index in [9.17, 15) is 0 Å². The van der Waals surface area contributed by atoms with Crippen LogP contribution in [-0.4, -0.2) is 30.6 Å². The maximum absolute atomic E-state index is 5.69. The SMILES string of the molecule is CCCCCCCN1CCCCC1CCN. The highest BCUT2D eigenvalue weighted by molar-refractivity contribution is 4.76. The molecular weight excluding hydrogens is 196 g/mol.